The number of pyridine rings is 1. The Morgan fingerprint density at radius 3 is 2.52 bits per heavy atom. The number of aromatic nitrogens is 1. The highest BCUT2D eigenvalue weighted by atomic mass is 32.1. The van der Waals surface area contributed by atoms with E-state index >= 15 is 0 Å². The van der Waals surface area contributed by atoms with Gasteiger partial charge in [-0.1, -0.05) is 55.0 Å². The van der Waals surface area contributed by atoms with Crippen molar-refractivity contribution in [2.75, 3.05) is 18.5 Å². The van der Waals surface area contributed by atoms with Gasteiger partial charge in [-0.3, -0.25) is 14.7 Å². The quantitative estimate of drug-likeness (QED) is 0.180. The van der Waals surface area contributed by atoms with Crippen molar-refractivity contribution in [3.05, 3.63) is 93.0 Å². The van der Waals surface area contributed by atoms with Crippen LogP contribution in [-0.4, -0.2) is 47.0 Å². The number of benzene rings is 2. The molecule has 1 amide bonds. The molecule has 1 unspecified atom stereocenters. The average molecular weight is 612 g/mol. The third kappa shape index (κ3) is 6.25. The zero-order valence-corrected chi connectivity index (χ0v) is 26.0. The summed E-state index contributed by atoms with van der Waals surface area (Å²) in [5.74, 6) is -1.48. The number of anilines is 1. The molecular weight excluding hydrogens is 574 g/mol. The molecule has 9 heteroatoms. The first-order chi connectivity index (χ1) is 21.4. The molecule has 2 aliphatic rings. The summed E-state index contributed by atoms with van der Waals surface area (Å²) in [6, 6.07) is 17.8. The van der Waals surface area contributed by atoms with Gasteiger partial charge in [0, 0.05) is 47.6 Å². The molecule has 8 nitrogen and oxygen atoms in total. The highest BCUT2D eigenvalue weighted by molar-refractivity contribution is 7.17. The minimum Gasteiger partial charge on any atom is -0.462 e. The molecule has 228 valence electrons. The number of esters is 2. The molecule has 1 aliphatic carbocycles. The number of rotatable bonds is 8. The summed E-state index contributed by atoms with van der Waals surface area (Å²) in [6.07, 6.45) is 4.41. The summed E-state index contributed by atoms with van der Waals surface area (Å²) >= 11 is 1.42. The molecule has 0 saturated carbocycles. The Morgan fingerprint density at radius 2 is 1.70 bits per heavy atom. The molecule has 0 saturated heterocycles. The van der Waals surface area contributed by atoms with Crippen LogP contribution in [0, 0.1) is 0 Å². The Balaban J connectivity index is 1.25. The summed E-state index contributed by atoms with van der Waals surface area (Å²) in [6.45, 7) is 5.72. The maximum atomic E-state index is 13.9. The second kappa shape index (κ2) is 13.3. The van der Waals surface area contributed by atoms with Crippen LogP contribution < -0.4 is 5.32 Å². The minimum atomic E-state index is -1.09. The lowest BCUT2D eigenvalue weighted by molar-refractivity contribution is -0.123. The van der Waals surface area contributed by atoms with Crippen molar-refractivity contribution >= 4 is 45.1 Å². The zero-order valence-electron chi connectivity index (χ0n) is 25.2. The number of para-hydroxylation sites is 1. The zero-order chi connectivity index (χ0) is 30.6. The lowest BCUT2D eigenvalue weighted by atomic mass is 9.95. The third-order valence-corrected chi connectivity index (χ3v) is 9.58. The predicted octanol–water partition coefficient (Wildman–Crippen LogP) is 6.48. The first-order valence-corrected chi connectivity index (χ1v) is 16.2. The van der Waals surface area contributed by atoms with E-state index in [-0.39, 0.29) is 6.61 Å². The Labute approximate surface area is 261 Å². The number of carbonyl (C=O) groups excluding carboxylic acids is 3. The monoisotopic (exact) mass is 611 g/mol. The van der Waals surface area contributed by atoms with Crippen molar-refractivity contribution < 1.29 is 23.9 Å². The summed E-state index contributed by atoms with van der Waals surface area (Å²) in [4.78, 5) is 48.6. The van der Waals surface area contributed by atoms with Crippen LogP contribution in [0.2, 0.25) is 0 Å². The fraction of sp³-hybridized carbons (Fsp3) is 0.371. The number of thiophene rings is 1. The molecule has 3 heterocycles. The van der Waals surface area contributed by atoms with Crippen molar-refractivity contribution in [1.29, 1.82) is 0 Å². The van der Waals surface area contributed by atoms with E-state index < -0.39 is 23.9 Å². The Kier molecular flexibility index (Phi) is 9.04. The largest absolute Gasteiger partial charge is 0.462 e. The fourth-order valence-electron chi connectivity index (χ4n) is 6.19. The van der Waals surface area contributed by atoms with Gasteiger partial charge >= 0.3 is 11.9 Å². The van der Waals surface area contributed by atoms with Gasteiger partial charge in [-0.25, -0.2) is 9.59 Å². The molecule has 6 rings (SSSR count). The van der Waals surface area contributed by atoms with E-state index in [0.29, 0.717) is 34.5 Å². The molecule has 2 aromatic heterocycles. The van der Waals surface area contributed by atoms with E-state index in [1.807, 2.05) is 42.5 Å². The molecule has 0 fully saturated rings. The van der Waals surface area contributed by atoms with Crippen molar-refractivity contribution in [1.82, 2.24) is 9.88 Å². The maximum absolute atomic E-state index is 13.9. The number of fused-ring (bicyclic) bond motifs is 3. The summed E-state index contributed by atoms with van der Waals surface area (Å²) in [5, 5.41) is 4.07. The van der Waals surface area contributed by atoms with Crippen LogP contribution in [0.5, 0.6) is 0 Å². The molecule has 2 aromatic carbocycles. The van der Waals surface area contributed by atoms with Gasteiger partial charge in [-0.2, -0.15) is 0 Å². The molecule has 1 aliphatic heterocycles. The van der Waals surface area contributed by atoms with E-state index in [1.165, 1.54) is 16.9 Å². The van der Waals surface area contributed by atoms with E-state index in [9.17, 15) is 14.4 Å². The van der Waals surface area contributed by atoms with Crippen molar-refractivity contribution in [2.45, 2.75) is 71.6 Å². The van der Waals surface area contributed by atoms with Crippen LogP contribution in [0.1, 0.15) is 81.1 Å². The first kappa shape index (κ1) is 30.0. The standard InChI is InChI=1S/C35H37N3O5S/c1-3-42-34(40)31-25-15-8-5-9-17-29(25)44-33(31)37-32(39)22(2)43-35(41)30-24-14-10-11-16-27(24)36-28-18-19-38(21-26(28)30)20-23-12-6-4-7-13-23/h4,6-7,10-14,16,22H,3,5,8-9,15,17-21H2,1-2H3,(H,37,39). The number of carbonyl (C=O) groups is 3. The SMILES string of the molecule is CCOC(=O)c1c(NC(=O)C(C)OC(=O)c2c3c(nc4ccccc24)CCN(Cc2ccccc2)C3)sc2c1CCCCC2. The number of amides is 1. The normalized spacial score (nSPS) is 15.5. The predicted molar refractivity (Wildman–Crippen MR) is 171 cm³/mol. The highest BCUT2D eigenvalue weighted by Gasteiger charge is 2.31. The van der Waals surface area contributed by atoms with Crippen LogP contribution in [0.3, 0.4) is 0 Å². The van der Waals surface area contributed by atoms with Gasteiger partial charge in [-0.05, 0) is 56.7 Å². The van der Waals surface area contributed by atoms with Crippen LogP contribution >= 0.6 is 11.3 Å². The van der Waals surface area contributed by atoms with E-state index in [2.05, 4.69) is 22.3 Å². The average Bonchev–Trinajstić information content (AvgIpc) is 3.20. The van der Waals surface area contributed by atoms with Gasteiger partial charge < -0.3 is 14.8 Å². The van der Waals surface area contributed by atoms with Gasteiger partial charge in [0.1, 0.15) is 5.00 Å². The number of ether oxygens (including phenoxy) is 2. The second-order valence-corrected chi connectivity index (χ2v) is 12.5. The fourth-order valence-corrected chi connectivity index (χ4v) is 7.47. The number of hydrogen-bond donors (Lipinski definition) is 1. The number of nitrogens with zero attached hydrogens (tertiary/aromatic N) is 2. The molecule has 0 spiro atoms. The smallest absolute Gasteiger partial charge is 0.341 e. The molecule has 1 atom stereocenters. The molecular formula is C35H37N3O5S. The molecule has 4 aromatic rings. The van der Waals surface area contributed by atoms with Crippen molar-refractivity contribution in [3.63, 3.8) is 0 Å². The number of hydrogen-bond acceptors (Lipinski definition) is 8. The molecule has 44 heavy (non-hydrogen) atoms. The van der Waals surface area contributed by atoms with Gasteiger partial charge in [0.25, 0.3) is 5.91 Å². The summed E-state index contributed by atoms with van der Waals surface area (Å²) in [5.41, 5.74) is 5.52. The lowest BCUT2D eigenvalue weighted by Gasteiger charge is -2.30. The van der Waals surface area contributed by atoms with Gasteiger partial charge in [0.05, 0.1) is 23.3 Å². The van der Waals surface area contributed by atoms with E-state index in [0.717, 1.165) is 72.4 Å². The highest BCUT2D eigenvalue weighted by Crippen LogP contribution is 2.38. The van der Waals surface area contributed by atoms with Crippen molar-refractivity contribution in [3.8, 4) is 0 Å². The third-order valence-electron chi connectivity index (χ3n) is 8.37. The Bertz CT molecular complexity index is 1700. The van der Waals surface area contributed by atoms with Gasteiger partial charge in [-0.15, -0.1) is 11.3 Å². The molecule has 0 bridgehead atoms. The summed E-state index contributed by atoms with van der Waals surface area (Å²) < 4.78 is 11.2. The minimum absolute atomic E-state index is 0.248. The van der Waals surface area contributed by atoms with Gasteiger partial charge in [0.2, 0.25) is 0 Å². The number of aryl methyl sites for hydroxylation is 1. The second-order valence-electron chi connectivity index (χ2n) is 11.4. The number of nitrogens with one attached hydrogen (secondary N) is 1. The topological polar surface area (TPSA) is 97.8 Å². The lowest BCUT2D eigenvalue weighted by Crippen LogP contribution is -2.34. The summed E-state index contributed by atoms with van der Waals surface area (Å²) in [7, 11) is 0. The molecule has 1 N–H and O–H groups in total. The van der Waals surface area contributed by atoms with Crippen molar-refractivity contribution in [2.24, 2.45) is 0 Å². The Hall–Kier alpha value is -4.08. The first-order valence-electron chi connectivity index (χ1n) is 15.4. The Morgan fingerprint density at radius 1 is 0.932 bits per heavy atom. The maximum Gasteiger partial charge on any atom is 0.341 e. The van der Waals surface area contributed by atoms with Crippen LogP contribution in [0.15, 0.2) is 54.6 Å². The van der Waals surface area contributed by atoms with Crippen LogP contribution in [0.25, 0.3) is 10.9 Å². The van der Waals surface area contributed by atoms with Crippen LogP contribution in [0.4, 0.5) is 5.00 Å². The van der Waals surface area contributed by atoms with Crippen LogP contribution in [-0.2, 0) is 46.6 Å². The van der Waals surface area contributed by atoms with E-state index in [1.54, 1.807) is 13.8 Å². The van der Waals surface area contributed by atoms with Gasteiger partial charge in [0.15, 0.2) is 6.10 Å². The van der Waals surface area contributed by atoms with E-state index in [4.69, 9.17) is 14.5 Å². The molecule has 0 radical (unpaired) electrons.